The molecule has 3 heterocycles. The number of nitrogens with zero attached hydrogens (tertiary/aromatic N) is 4. The fourth-order valence-corrected chi connectivity index (χ4v) is 3.27. The van der Waals surface area contributed by atoms with Gasteiger partial charge in [-0.25, -0.2) is 9.97 Å². The van der Waals surface area contributed by atoms with Crippen LogP contribution in [0.4, 0.5) is 5.82 Å². The van der Waals surface area contributed by atoms with Gasteiger partial charge in [0.2, 0.25) is 0 Å². The zero-order valence-electron chi connectivity index (χ0n) is 13.5. The Balaban J connectivity index is 1.64. The van der Waals surface area contributed by atoms with Crippen molar-refractivity contribution in [3.8, 4) is 0 Å². The van der Waals surface area contributed by atoms with Gasteiger partial charge in [-0.1, -0.05) is 19.8 Å². The van der Waals surface area contributed by atoms with Gasteiger partial charge in [0.05, 0.1) is 12.4 Å². The summed E-state index contributed by atoms with van der Waals surface area (Å²) in [5.74, 6) is 1.74. The van der Waals surface area contributed by atoms with E-state index in [1.165, 1.54) is 25.7 Å². The number of rotatable bonds is 2. The smallest absolute Gasteiger partial charge is 0.274 e. The normalized spacial score (nSPS) is 20.8. The van der Waals surface area contributed by atoms with E-state index in [-0.39, 0.29) is 5.91 Å². The molecule has 5 heteroatoms. The zero-order valence-corrected chi connectivity index (χ0v) is 13.5. The van der Waals surface area contributed by atoms with Crippen LogP contribution < -0.4 is 4.90 Å². The van der Waals surface area contributed by atoms with Gasteiger partial charge in [0.15, 0.2) is 0 Å². The molecule has 5 nitrogen and oxygen atoms in total. The number of anilines is 1. The monoisotopic (exact) mass is 302 g/mol. The Morgan fingerprint density at radius 2 is 1.68 bits per heavy atom. The Morgan fingerprint density at radius 1 is 1.00 bits per heavy atom. The van der Waals surface area contributed by atoms with Gasteiger partial charge < -0.3 is 9.80 Å². The first-order chi connectivity index (χ1) is 10.7. The predicted octanol–water partition coefficient (Wildman–Crippen LogP) is 2.73. The zero-order chi connectivity index (χ0) is 15.4. The maximum atomic E-state index is 12.5. The van der Waals surface area contributed by atoms with Gasteiger partial charge in [0.1, 0.15) is 11.5 Å². The predicted molar refractivity (Wildman–Crippen MR) is 87.0 cm³/mol. The first kappa shape index (κ1) is 15.3. The minimum Gasteiger partial charge on any atom is -0.355 e. The van der Waals surface area contributed by atoms with E-state index in [0.717, 1.165) is 50.8 Å². The number of carbonyl (C=O) groups excluding carboxylic acids is 1. The van der Waals surface area contributed by atoms with E-state index in [9.17, 15) is 4.79 Å². The van der Waals surface area contributed by atoms with E-state index in [1.807, 2.05) is 4.90 Å². The van der Waals surface area contributed by atoms with E-state index in [2.05, 4.69) is 21.8 Å². The summed E-state index contributed by atoms with van der Waals surface area (Å²) in [6.45, 7) is 6.08. The highest BCUT2D eigenvalue weighted by atomic mass is 16.2. The molecule has 120 valence electrons. The maximum Gasteiger partial charge on any atom is 0.274 e. The van der Waals surface area contributed by atoms with Crippen LogP contribution in [0.5, 0.6) is 0 Å². The van der Waals surface area contributed by atoms with E-state index in [1.54, 1.807) is 12.4 Å². The van der Waals surface area contributed by atoms with Crippen molar-refractivity contribution in [1.29, 1.82) is 0 Å². The molecule has 2 aliphatic heterocycles. The highest BCUT2D eigenvalue weighted by molar-refractivity contribution is 5.92. The molecule has 0 aliphatic carbocycles. The van der Waals surface area contributed by atoms with Crippen LogP contribution >= 0.6 is 0 Å². The van der Waals surface area contributed by atoms with Crippen LogP contribution in [-0.4, -0.2) is 47.0 Å². The molecule has 1 amide bonds. The number of hydrogen-bond acceptors (Lipinski definition) is 4. The topological polar surface area (TPSA) is 49.3 Å². The third-order valence-electron chi connectivity index (χ3n) is 4.86. The molecule has 1 aromatic heterocycles. The molecule has 1 aromatic rings. The van der Waals surface area contributed by atoms with E-state index in [4.69, 9.17) is 0 Å². The lowest BCUT2D eigenvalue weighted by Gasteiger charge is -2.30. The van der Waals surface area contributed by atoms with Gasteiger partial charge in [0.25, 0.3) is 5.91 Å². The van der Waals surface area contributed by atoms with Crippen LogP contribution in [-0.2, 0) is 0 Å². The lowest BCUT2D eigenvalue weighted by molar-refractivity contribution is 0.0755. The second-order valence-corrected chi connectivity index (χ2v) is 6.64. The molecule has 2 aliphatic rings. The third kappa shape index (κ3) is 3.57. The average molecular weight is 302 g/mol. The summed E-state index contributed by atoms with van der Waals surface area (Å²) in [5, 5.41) is 0. The standard InChI is InChI=1S/C17H26N4O/c1-14-6-10-20(11-7-14)16-13-18-15(12-19-16)17(22)21-8-4-2-3-5-9-21/h12-14H,2-11H2,1H3. The molecule has 0 radical (unpaired) electrons. The molecule has 0 bridgehead atoms. The third-order valence-corrected chi connectivity index (χ3v) is 4.86. The van der Waals surface area contributed by atoms with E-state index < -0.39 is 0 Å². The van der Waals surface area contributed by atoms with Gasteiger partial charge in [-0.15, -0.1) is 0 Å². The van der Waals surface area contributed by atoms with E-state index >= 15 is 0 Å². The SMILES string of the molecule is CC1CCN(c2cnc(C(=O)N3CCCCCC3)cn2)CC1. The van der Waals surface area contributed by atoms with Crippen molar-refractivity contribution in [1.82, 2.24) is 14.9 Å². The van der Waals surface area contributed by atoms with E-state index in [0.29, 0.717) is 5.69 Å². The maximum absolute atomic E-state index is 12.5. The quantitative estimate of drug-likeness (QED) is 0.843. The summed E-state index contributed by atoms with van der Waals surface area (Å²) in [5.41, 5.74) is 0.482. The van der Waals surface area contributed by atoms with Gasteiger partial charge in [-0.05, 0) is 31.6 Å². The van der Waals surface area contributed by atoms with Crippen LogP contribution in [0.15, 0.2) is 12.4 Å². The molecule has 2 fully saturated rings. The van der Waals surface area contributed by atoms with Gasteiger partial charge in [-0.3, -0.25) is 4.79 Å². The summed E-state index contributed by atoms with van der Waals surface area (Å²) >= 11 is 0. The highest BCUT2D eigenvalue weighted by Crippen LogP contribution is 2.21. The van der Waals surface area contributed by atoms with Crippen molar-refractivity contribution < 1.29 is 4.79 Å². The Hall–Kier alpha value is -1.65. The second-order valence-electron chi connectivity index (χ2n) is 6.64. The highest BCUT2D eigenvalue weighted by Gasteiger charge is 2.20. The first-order valence-electron chi connectivity index (χ1n) is 8.60. The van der Waals surface area contributed by atoms with Crippen molar-refractivity contribution >= 4 is 11.7 Å². The number of amides is 1. The number of aromatic nitrogens is 2. The summed E-state index contributed by atoms with van der Waals surface area (Å²) in [7, 11) is 0. The van der Waals surface area contributed by atoms with Crippen LogP contribution in [0.2, 0.25) is 0 Å². The van der Waals surface area contributed by atoms with Crippen molar-refractivity contribution in [2.75, 3.05) is 31.1 Å². The number of carbonyl (C=O) groups is 1. The summed E-state index contributed by atoms with van der Waals surface area (Å²) in [6.07, 6.45) is 10.5. The van der Waals surface area contributed by atoms with Crippen molar-refractivity contribution in [3.63, 3.8) is 0 Å². The molecule has 2 saturated heterocycles. The number of hydrogen-bond donors (Lipinski definition) is 0. The Labute approximate surface area is 132 Å². The van der Waals surface area contributed by atoms with Crippen molar-refractivity contribution in [2.24, 2.45) is 5.92 Å². The average Bonchev–Trinajstić information content (AvgIpc) is 2.84. The molecule has 3 rings (SSSR count). The minimum atomic E-state index is 0.0354. The summed E-state index contributed by atoms with van der Waals surface area (Å²) < 4.78 is 0. The molecule has 0 N–H and O–H groups in total. The lowest BCUT2D eigenvalue weighted by Crippen LogP contribution is -2.34. The van der Waals surface area contributed by atoms with Gasteiger partial charge >= 0.3 is 0 Å². The molecular formula is C17H26N4O. The van der Waals surface area contributed by atoms with Crippen LogP contribution in [0.1, 0.15) is 55.9 Å². The molecule has 0 saturated carbocycles. The Bertz CT molecular complexity index is 486. The lowest BCUT2D eigenvalue weighted by atomic mass is 9.99. The van der Waals surface area contributed by atoms with Crippen molar-refractivity contribution in [3.05, 3.63) is 18.1 Å². The van der Waals surface area contributed by atoms with Crippen molar-refractivity contribution in [2.45, 2.75) is 45.4 Å². The molecule has 0 unspecified atom stereocenters. The van der Waals surface area contributed by atoms with Gasteiger partial charge in [0, 0.05) is 26.2 Å². The fraction of sp³-hybridized carbons (Fsp3) is 0.706. The van der Waals surface area contributed by atoms with Crippen LogP contribution in [0.25, 0.3) is 0 Å². The van der Waals surface area contributed by atoms with Gasteiger partial charge in [-0.2, -0.15) is 0 Å². The Morgan fingerprint density at radius 3 is 2.27 bits per heavy atom. The summed E-state index contributed by atoms with van der Waals surface area (Å²) in [4.78, 5) is 25.6. The first-order valence-corrected chi connectivity index (χ1v) is 8.60. The molecule has 0 aromatic carbocycles. The molecule has 0 atom stereocenters. The molecule has 22 heavy (non-hydrogen) atoms. The largest absolute Gasteiger partial charge is 0.355 e. The second kappa shape index (κ2) is 7.07. The Kier molecular flexibility index (Phi) is 4.90. The minimum absolute atomic E-state index is 0.0354. The fourth-order valence-electron chi connectivity index (χ4n) is 3.27. The number of likely N-dealkylation sites (tertiary alicyclic amines) is 1. The van der Waals surface area contributed by atoms with Crippen LogP contribution in [0, 0.1) is 5.92 Å². The van der Waals surface area contributed by atoms with Crippen LogP contribution in [0.3, 0.4) is 0 Å². The summed E-state index contributed by atoms with van der Waals surface area (Å²) in [6, 6.07) is 0. The molecular weight excluding hydrogens is 276 g/mol. The number of piperidine rings is 1. The molecule has 0 spiro atoms.